The van der Waals surface area contributed by atoms with Gasteiger partial charge < -0.3 is 29.3 Å². The lowest BCUT2D eigenvalue weighted by atomic mass is 10.2. The van der Waals surface area contributed by atoms with Crippen molar-refractivity contribution in [3.8, 4) is 11.5 Å². The molecule has 0 aromatic heterocycles. The molecule has 3 aliphatic heterocycles. The van der Waals surface area contributed by atoms with Gasteiger partial charge in [-0.3, -0.25) is 4.79 Å². The minimum atomic E-state index is -0.299. The van der Waals surface area contributed by atoms with Crippen LogP contribution in [0.4, 0.5) is 10.5 Å². The van der Waals surface area contributed by atoms with Gasteiger partial charge in [0, 0.05) is 51.0 Å². The van der Waals surface area contributed by atoms with Gasteiger partial charge in [-0.05, 0) is 25.0 Å². The molecule has 146 valence electrons. The number of piperazine rings is 1. The summed E-state index contributed by atoms with van der Waals surface area (Å²) >= 11 is 0. The fourth-order valence-corrected chi connectivity index (χ4v) is 3.55. The van der Waals surface area contributed by atoms with Gasteiger partial charge in [-0.2, -0.15) is 0 Å². The number of amides is 3. The number of benzene rings is 1. The Kier molecular flexibility index (Phi) is 5.33. The van der Waals surface area contributed by atoms with Crippen LogP contribution < -0.4 is 14.8 Å². The van der Waals surface area contributed by atoms with E-state index in [1.165, 1.54) is 0 Å². The molecule has 3 heterocycles. The maximum Gasteiger partial charge on any atom is 0.321 e. The largest absolute Gasteiger partial charge is 0.490 e. The summed E-state index contributed by atoms with van der Waals surface area (Å²) in [6, 6.07) is 5.24. The standard InChI is InChI=1S/C19H25N3O5/c23-18(16-3-1-10-26-16)21-6-8-22(9-7-21)19(24)20-14-4-5-15-17(13-14)27-12-2-11-25-15/h4-5,13,16H,1-3,6-12H2,(H,20,24)/t16-/m0/s1. The van der Waals surface area contributed by atoms with E-state index in [2.05, 4.69) is 5.32 Å². The molecule has 27 heavy (non-hydrogen) atoms. The van der Waals surface area contributed by atoms with Crippen molar-refractivity contribution in [2.45, 2.75) is 25.4 Å². The maximum absolute atomic E-state index is 12.6. The van der Waals surface area contributed by atoms with Crippen LogP contribution in [0.1, 0.15) is 19.3 Å². The maximum atomic E-state index is 12.6. The first-order valence-corrected chi connectivity index (χ1v) is 9.57. The van der Waals surface area contributed by atoms with Gasteiger partial charge in [0.05, 0.1) is 13.2 Å². The molecule has 4 rings (SSSR count). The van der Waals surface area contributed by atoms with Gasteiger partial charge in [0.25, 0.3) is 5.91 Å². The van der Waals surface area contributed by atoms with Crippen molar-refractivity contribution in [3.63, 3.8) is 0 Å². The number of carbonyl (C=O) groups is 2. The number of carbonyl (C=O) groups excluding carboxylic acids is 2. The van der Waals surface area contributed by atoms with Gasteiger partial charge in [-0.25, -0.2) is 4.79 Å². The van der Waals surface area contributed by atoms with Crippen molar-refractivity contribution in [2.75, 3.05) is 51.3 Å². The lowest BCUT2D eigenvalue weighted by molar-refractivity contribution is -0.142. The summed E-state index contributed by atoms with van der Waals surface area (Å²) in [6.45, 7) is 3.98. The number of anilines is 1. The number of nitrogens with one attached hydrogen (secondary N) is 1. The Morgan fingerprint density at radius 3 is 2.41 bits per heavy atom. The summed E-state index contributed by atoms with van der Waals surface area (Å²) in [5.74, 6) is 1.40. The van der Waals surface area contributed by atoms with Crippen LogP contribution in [0.3, 0.4) is 0 Å². The number of rotatable bonds is 2. The smallest absolute Gasteiger partial charge is 0.321 e. The number of nitrogens with zero attached hydrogens (tertiary/aromatic N) is 2. The van der Waals surface area contributed by atoms with Crippen molar-refractivity contribution in [3.05, 3.63) is 18.2 Å². The van der Waals surface area contributed by atoms with Crippen LogP contribution in [0.5, 0.6) is 11.5 Å². The monoisotopic (exact) mass is 375 g/mol. The fraction of sp³-hybridized carbons (Fsp3) is 0.579. The zero-order chi connectivity index (χ0) is 18.6. The first-order valence-electron chi connectivity index (χ1n) is 9.57. The second-order valence-corrected chi connectivity index (χ2v) is 6.96. The molecule has 3 amide bonds. The third-order valence-corrected chi connectivity index (χ3v) is 5.08. The topological polar surface area (TPSA) is 80.3 Å². The Labute approximate surface area is 158 Å². The van der Waals surface area contributed by atoms with Crippen molar-refractivity contribution >= 4 is 17.6 Å². The van der Waals surface area contributed by atoms with Crippen LogP contribution in [0, 0.1) is 0 Å². The van der Waals surface area contributed by atoms with Crippen LogP contribution in [0.15, 0.2) is 18.2 Å². The molecule has 3 aliphatic rings. The SMILES string of the molecule is O=C(Nc1ccc2c(c1)OCCCO2)N1CCN(C(=O)[C@@H]2CCCO2)CC1. The second kappa shape index (κ2) is 8.04. The first-order chi connectivity index (χ1) is 13.2. The summed E-state index contributed by atoms with van der Waals surface area (Å²) in [5, 5.41) is 2.90. The summed E-state index contributed by atoms with van der Waals surface area (Å²) in [6.07, 6.45) is 2.27. The molecule has 1 atom stereocenters. The van der Waals surface area contributed by atoms with E-state index in [-0.39, 0.29) is 18.0 Å². The average molecular weight is 375 g/mol. The summed E-state index contributed by atoms with van der Waals surface area (Å²) in [5.41, 5.74) is 0.669. The van der Waals surface area contributed by atoms with E-state index in [0.717, 1.165) is 19.3 Å². The molecule has 0 aliphatic carbocycles. The molecule has 0 bridgehead atoms. The highest BCUT2D eigenvalue weighted by Gasteiger charge is 2.31. The summed E-state index contributed by atoms with van der Waals surface area (Å²) in [7, 11) is 0. The Morgan fingerprint density at radius 1 is 0.926 bits per heavy atom. The minimum absolute atomic E-state index is 0.0514. The van der Waals surface area contributed by atoms with Crippen LogP contribution in [0.2, 0.25) is 0 Å². The van der Waals surface area contributed by atoms with Gasteiger partial charge >= 0.3 is 6.03 Å². The molecule has 0 spiro atoms. The number of fused-ring (bicyclic) bond motifs is 1. The molecule has 2 saturated heterocycles. The van der Waals surface area contributed by atoms with Crippen LogP contribution in [-0.4, -0.2) is 73.8 Å². The van der Waals surface area contributed by atoms with E-state index in [0.29, 0.717) is 63.2 Å². The Bertz CT molecular complexity index is 697. The lowest BCUT2D eigenvalue weighted by Crippen LogP contribution is -2.53. The molecule has 1 N–H and O–H groups in total. The molecular weight excluding hydrogens is 350 g/mol. The fourth-order valence-electron chi connectivity index (χ4n) is 3.55. The highest BCUT2D eigenvalue weighted by atomic mass is 16.5. The second-order valence-electron chi connectivity index (χ2n) is 6.96. The molecule has 0 unspecified atom stereocenters. The quantitative estimate of drug-likeness (QED) is 0.851. The molecule has 8 heteroatoms. The molecular formula is C19H25N3O5. The van der Waals surface area contributed by atoms with E-state index in [1.807, 2.05) is 12.1 Å². The zero-order valence-electron chi connectivity index (χ0n) is 15.3. The molecule has 1 aromatic rings. The van der Waals surface area contributed by atoms with E-state index >= 15 is 0 Å². The summed E-state index contributed by atoms with van der Waals surface area (Å²) < 4.78 is 16.7. The molecule has 0 radical (unpaired) electrons. The van der Waals surface area contributed by atoms with Crippen molar-refractivity contribution < 1.29 is 23.8 Å². The Balaban J connectivity index is 1.30. The minimum Gasteiger partial charge on any atom is -0.490 e. The number of hydrogen-bond acceptors (Lipinski definition) is 5. The molecule has 8 nitrogen and oxygen atoms in total. The summed E-state index contributed by atoms with van der Waals surface area (Å²) in [4.78, 5) is 28.5. The van der Waals surface area contributed by atoms with Gasteiger partial charge in [0.1, 0.15) is 6.10 Å². The van der Waals surface area contributed by atoms with E-state index < -0.39 is 0 Å². The van der Waals surface area contributed by atoms with Gasteiger partial charge in [0.2, 0.25) is 0 Å². The van der Waals surface area contributed by atoms with Crippen molar-refractivity contribution in [2.24, 2.45) is 0 Å². The zero-order valence-corrected chi connectivity index (χ0v) is 15.3. The Morgan fingerprint density at radius 2 is 1.67 bits per heavy atom. The number of ether oxygens (including phenoxy) is 3. The highest BCUT2D eigenvalue weighted by molar-refractivity contribution is 5.90. The van der Waals surface area contributed by atoms with Gasteiger partial charge in [-0.15, -0.1) is 0 Å². The van der Waals surface area contributed by atoms with Crippen LogP contribution in [-0.2, 0) is 9.53 Å². The third-order valence-electron chi connectivity index (χ3n) is 5.08. The Hall–Kier alpha value is -2.48. The van der Waals surface area contributed by atoms with Gasteiger partial charge in [0.15, 0.2) is 11.5 Å². The van der Waals surface area contributed by atoms with E-state index in [9.17, 15) is 9.59 Å². The van der Waals surface area contributed by atoms with Crippen molar-refractivity contribution in [1.82, 2.24) is 9.80 Å². The van der Waals surface area contributed by atoms with Crippen LogP contribution in [0.25, 0.3) is 0 Å². The number of hydrogen-bond donors (Lipinski definition) is 1. The molecule has 2 fully saturated rings. The van der Waals surface area contributed by atoms with Crippen molar-refractivity contribution in [1.29, 1.82) is 0 Å². The predicted octanol–water partition coefficient (Wildman–Crippen LogP) is 1.70. The van der Waals surface area contributed by atoms with E-state index in [4.69, 9.17) is 14.2 Å². The third kappa shape index (κ3) is 4.10. The number of urea groups is 1. The molecule has 1 aromatic carbocycles. The average Bonchev–Trinajstić information content (AvgIpc) is 3.13. The lowest BCUT2D eigenvalue weighted by Gasteiger charge is -2.35. The highest BCUT2D eigenvalue weighted by Crippen LogP contribution is 2.32. The predicted molar refractivity (Wildman–Crippen MR) is 98.2 cm³/mol. The van der Waals surface area contributed by atoms with E-state index in [1.54, 1.807) is 15.9 Å². The normalized spacial score (nSPS) is 22.3. The first kappa shape index (κ1) is 17.9. The van der Waals surface area contributed by atoms with Gasteiger partial charge in [-0.1, -0.05) is 0 Å². The van der Waals surface area contributed by atoms with Crippen LogP contribution >= 0.6 is 0 Å². The molecule has 0 saturated carbocycles.